The first-order chi connectivity index (χ1) is 8.80. The highest BCUT2D eigenvalue weighted by molar-refractivity contribution is 7.89. The Bertz CT molecular complexity index is 526. The van der Waals surface area contributed by atoms with Gasteiger partial charge in [-0.2, -0.15) is 0 Å². The molecule has 0 bridgehead atoms. The third-order valence-corrected chi connectivity index (χ3v) is 5.61. The highest BCUT2D eigenvalue weighted by Gasteiger charge is 2.30. The summed E-state index contributed by atoms with van der Waals surface area (Å²) in [7, 11) is -3.51. The number of nitrogens with one attached hydrogen (secondary N) is 1. The number of rotatable bonds is 6. The number of nitrogens with two attached hydrogens (primary N) is 1. The number of aryl methyl sites for hydroxylation is 1. The van der Waals surface area contributed by atoms with Gasteiger partial charge in [-0.3, -0.25) is 0 Å². The Balaban J connectivity index is 3.17. The molecule has 0 saturated carbocycles. The van der Waals surface area contributed by atoms with Crippen LogP contribution in [0.4, 0.5) is 5.69 Å². The number of sulfonamides is 1. The van der Waals surface area contributed by atoms with Crippen LogP contribution in [-0.2, 0) is 10.0 Å². The van der Waals surface area contributed by atoms with Crippen molar-refractivity contribution in [3.05, 3.63) is 23.8 Å². The summed E-state index contributed by atoms with van der Waals surface area (Å²) >= 11 is 0. The minimum Gasteiger partial charge on any atom is -0.399 e. The van der Waals surface area contributed by atoms with Gasteiger partial charge in [0.15, 0.2) is 0 Å². The normalized spacial score (nSPS) is 12.6. The van der Waals surface area contributed by atoms with Crippen molar-refractivity contribution < 1.29 is 8.42 Å². The van der Waals surface area contributed by atoms with Crippen LogP contribution in [0.5, 0.6) is 0 Å². The largest absolute Gasteiger partial charge is 0.399 e. The average molecular weight is 284 g/mol. The predicted molar refractivity (Wildman–Crippen MR) is 79.5 cm³/mol. The zero-order chi connectivity index (χ0) is 14.7. The molecule has 0 radical (unpaired) electrons. The molecule has 1 aromatic carbocycles. The van der Waals surface area contributed by atoms with Gasteiger partial charge in [0.1, 0.15) is 0 Å². The second-order valence-corrected chi connectivity index (χ2v) is 6.62. The molecule has 0 aliphatic rings. The maximum atomic E-state index is 12.5. The van der Waals surface area contributed by atoms with Crippen LogP contribution in [0.1, 0.15) is 45.6 Å². The maximum Gasteiger partial charge on any atom is 0.241 e. The van der Waals surface area contributed by atoms with E-state index in [-0.39, 0.29) is 5.54 Å². The highest BCUT2D eigenvalue weighted by Crippen LogP contribution is 2.25. The number of hydrogen-bond donors (Lipinski definition) is 2. The van der Waals surface area contributed by atoms with E-state index in [2.05, 4.69) is 4.72 Å². The number of hydrogen-bond acceptors (Lipinski definition) is 3. The Kier molecular flexibility index (Phi) is 4.98. The molecule has 5 heteroatoms. The molecule has 4 nitrogen and oxygen atoms in total. The molecule has 0 aliphatic carbocycles. The molecule has 0 saturated heterocycles. The van der Waals surface area contributed by atoms with Crippen molar-refractivity contribution in [1.29, 1.82) is 0 Å². The van der Waals surface area contributed by atoms with Crippen molar-refractivity contribution >= 4 is 15.7 Å². The molecular formula is C14H24N2O2S. The molecule has 0 aromatic heterocycles. The first kappa shape index (κ1) is 16.0. The minimum absolute atomic E-state index is 0.307. The van der Waals surface area contributed by atoms with Gasteiger partial charge in [-0.05, 0) is 49.9 Å². The topological polar surface area (TPSA) is 72.2 Å². The van der Waals surface area contributed by atoms with E-state index < -0.39 is 10.0 Å². The molecule has 1 aromatic rings. The van der Waals surface area contributed by atoms with Gasteiger partial charge in [-0.1, -0.05) is 20.8 Å². The minimum atomic E-state index is -3.51. The molecule has 0 amide bonds. The van der Waals surface area contributed by atoms with E-state index in [1.54, 1.807) is 25.1 Å². The van der Waals surface area contributed by atoms with Crippen molar-refractivity contribution in [3.63, 3.8) is 0 Å². The van der Waals surface area contributed by atoms with Gasteiger partial charge in [0.25, 0.3) is 0 Å². The van der Waals surface area contributed by atoms with Gasteiger partial charge >= 0.3 is 0 Å². The van der Waals surface area contributed by atoms with Crippen LogP contribution in [0.3, 0.4) is 0 Å². The van der Waals surface area contributed by atoms with Gasteiger partial charge in [0.2, 0.25) is 10.0 Å². The quantitative estimate of drug-likeness (QED) is 0.789. The summed E-state index contributed by atoms with van der Waals surface area (Å²) < 4.78 is 27.9. The van der Waals surface area contributed by atoms with E-state index in [0.29, 0.717) is 16.1 Å². The second kappa shape index (κ2) is 5.92. The van der Waals surface area contributed by atoms with E-state index in [0.717, 1.165) is 19.3 Å². The lowest BCUT2D eigenvalue weighted by Crippen LogP contribution is -2.47. The summed E-state index contributed by atoms with van der Waals surface area (Å²) in [6.45, 7) is 7.78. The maximum absolute atomic E-state index is 12.5. The van der Waals surface area contributed by atoms with Crippen LogP contribution in [0.25, 0.3) is 0 Å². The van der Waals surface area contributed by atoms with Crippen molar-refractivity contribution in [2.24, 2.45) is 0 Å². The Morgan fingerprint density at radius 3 is 2.11 bits per heavy atom. The van der Waals surface area contributed by atoms with E-state index in [9.17, 15) is 8.42 Å². The van der Waals surface area contributed by atoms with Gasteiger partial charge in [0.05, 0.1) is 4.90 Å². The lowest BCUT2D eigenvalue weighted by molar-refractivity contribution is 0.341. The predicted octanol–water partition coefficient (Wildman–Crippen LogP) is 2.82. The Labute approximate surface area is 116 Å². The van der Waals surface area contributed by atoms with Crippen LogP contribution in [0.15, 0.2) is 23.1 Å². The fraction of sp³-hybridized carbons (Fsp3) is 0.571. The molecule has 0 atom stereocenters. The van der Waals surface area contributed by atoms with Gasteiger partial charge in [-0.15, -0.1) is 0 Å². The summed E-state index contributed by atoms with van der Waals surface area (Å²) in [4.78, 5) is 0.307. The van der Waals surface area contributed by atoms with Crippen LogP contribution in [0.2, 0.25) is 0 Å². The van der Waals surface area contributed by atoms with E-state index in [4.69, 9.17) is 5.73 Å². The van der Waals surface area contributed by atoms with Crippen molar-refractivity contribution in [2.45, 2.75) is 57.4 Å². The van der Waals surface area contributed by atoms with Crippen molar-refractivity contribution in [2.75, 3.05) is 5.73 Å². The second-order valence-electron chi connectivity index (χ2n) is 4.97. The summed E-state index contributed by atoms with van der Waals surface area (Å²) in [5.74, 6) is 0. The molecule has 0 heterocycles. The average Bonchev–Trinajstić information content (AvgIpc) is 2.35. The third kappa shape index (κ3) is 3.48. The van der Waals surface area contributed by atoms with E-state index in [1.807, 2.05) is 20.8 Å². The van der Waals surface area contributed by atoms with Crippen molar-refractivity contribution in [3.8, 4) is 0 Å². The molecule has 108 valence electrons. The fourth-order valence-corrected chi connectivity index (χ4v) is 4.12. The van der Waals surface area contributed by atoms with Crippen LogP contribution in [-0.4, -0.2) is 14.0 Å². The van der Waals surface area contributed by atoms with Gasteiger partial charge in [0, 0.05) is 11.2 Å². The Morgan fingerprint density at radius 2 is 1.68 bits per heavy atom. The summed E-state index contributed by atoms with van der Waals surface area (Å²) in [5.41, 5.74) is 6.54. The highest BCUT2D eigenvalue weighted by atomic mass is 32.2. The van der Waals surface area contributed by atoms with Gasteiger partial charge in [-0.25, -0.2) is 13.1 Å². The molecule has 0 aliphatic heterocycles. The first-order valence-corrected chi connectivity index (χ1v) is 8.18. The summed E-state index contributed by atoms with van der Waals surface area (Å²) in [5, 5.41) is 0. The molecule has 0 fully saturated rings. The lowest BCUT2D eigenvalue weighted by Gasteiger charge is -2.31. The Morgan fingerprint density at radius 1 is 1.16 bits per heavy atom. The van der Waals surface area contributed by atoms with Crippen LogP contribution in [0, 0.1) is 6.92 Å². The molecule has 19 heavy (non-hydrogen) atoms. The molecule has 0 spiro atoms. The van der Waals surface area contributed by atoms with E-state index >= 15 is 0 Å². The number of anilines is 1. The zero-order valence-corrected chi connectivity index (χ0v) is 13.0. The summed E-state index contributed by atoms with van der Waals surface area (Å²) in [6, 6.07) is 4.87. The third-order valence-electron chi connectivity index (χ3n) is 3.87. The number of benzene rings is 1. The first-order valence-electron chi connectivity index (χ1n) is 6.70. The molecular weight excluding hydrogens is 260 g/mol. The van der Waals surface area contributed by atoms with Crippen LogP contribution < -0.4 is 10.5 Å². The Hall–Kier alpha value is -1.07. The molecule has 0 unspecified atom stereocenters. The smallest absolute Gasteiger partial charge is 0.241 e. The van der Waals surface area contributed by atoms with Crippen LogP contribution >= 0.6 is 0 Å². The van der Waals surface area contributed by atoms with Crippen molar-refractivity contribution in [1.82, 2.24) is 4.72 Å². The summed E-state index contributed by atoms with van der Waals surface area (Å²) in [6.07, 6.45) is 2.31. The SMILES string of the molecule is CCC(CC)(CC)NS(=O)(=O)c1ccc(N)cc1C. The zero-order valence-electron chi connectivity index (χ0n) is 12.2. The lowest BCUT2D eigenvalue weighted by atomic mass is 9.91. The van der Waals surface area contributed by atoms with E-state index in [1.165, 1.54) is 0 Å². The standard InChI is InChI=1S/C14H24N2O2S/c1-5-14(6-2,7-3)16-19(17,18)13-9-8-12(15)10-11(13)4/h8-10,16H,5-7,15H2,1-4H3. The van der Waals surface area contributed by atoms with Gasteiger partial charge < -0.3 is 5.73 Å². The number of nitrogen functional groups attached to an aromatic ring is 1. The fourth-order valence-electron chi connectivity index (χ4n) is 2.28. The monoisotopic (exact) mass is 284 g/mol. The molecule has 1 rings (SSSR count). The molecule has 3 N–H and O–H groups in total.